The number of benzene rings is 1. The standard InChI is InChI=1S/C24H21N5O/c1-3-17-8-5-11-26-21(17)20(30)10-9-16-6-4-7-18(13-16)24-27-14-19-12-15(2)28-23(25)22(19)29-24/h4-8,11-14,20,30H,3H2,1-2H3,(H2,25,28)/t20-/m1/s1. The number of hydrogen-bond donors (Lipinski definition) is 2. The van der Waals surface area contributed by atoms with Crippen LogP contribution in [0.25, 0.3) is 22.3 Å². The van der Waals surface area contributed by atoms with E-state index in [1.165, 1.54) is 0 Å². The largest absolute Gasteiger partial charge is 0.382 e. The van der Waals surface area contributed by atoms with Crippen molar-refractivity contribution in [2.24, 2.45) is 0 Å². The summed E-state index contributed by atoms with van der Waals surface area (Å²) in [5, 5.41) is 11.3. The zero-order valence-corrected chi connectivity index (χ0v) is 16.8. The zero-order chi connectivity index (χ0) is 21.1. The second kappa shape index (κ2) is 8.27. The van der Waals surface area contributed by atoms with E-state index in [0.717, 1.165) is 34.2 Å². The van der Waals surface area contributed by atoms with Crippen LogP contribution in [0.3, 0.4) is 0 Å². The van der Waals surface area contributed by atoms with E-state index in [9.17, 15) is 5.11 Å². The lowest BCUT2D eigenvalue weighted by Gasteiger charge is -2.08. The van der Waals surface area contributed by atoms with Crippen LogP contribution in [-0.4, -0.2) is 25.0 Å². The van der Waals surface area contributed by atoms with Crippen molar-refractivity contribution in [3.05, 3.63) is 77.4 Å². The summed E-state index contributed by atoms with van der Waals surface area (Å²) in [7, 11) is 0. The van der Waals surface area contributed by atoms with E-state index in [2.05, 4.69) is 31.8 Å². The van der Waals surface area contributed by atoms with E-state index in [1.807, 2.05) is 56.3 Å². The number of pyridine rings is 2. The van der Waals surface area contributed by atoms with Crippen LogP contribution in [0.5, 0.6) is 0 Å². The molecule has 0 fully saturated rings. The summed E-state index contributed by atoms with van der Waals surface area (Å²) in [6, 6.07) is 13.3. The minimum atomic E-state index is -0.948. The molecule has 0 amide bonds. The Morgan fingerprint density at radius 2 is 1.97 bits per heavy atom. The molecular weight excluding hydrogens is 374 g/mol. The predicted octanol–water partition coefficient (Wildman–Crippen LogP) is 3.62. The molecule has 3 aromatic heterocycles. The van der Waals surface area contributed by atoms with E-state index in [1.54, 1.807) is 12.4 Å². The monoisotopic (exact) mass is 395 g/mol. The quantitative estimate of drug-likeness (QED) is 0.514. The van der Waals surface area contributed by atoms with Crippen molar-refractivity contribution in [2.45, 2.75) is 26.4 Å². The van der Waals surface area contributed by atoms with Gasteiger partial charge in [-0.05, 0) is 43.2 Å². The fourth-order valence-corrected chi connectivity index (χ4v) is 3.29. The Labute approximate surface area is 174 Å². The molecule has 0 aliphatic rings. The number of nitrogens with two attached hydrogens (primary N) is 1. The number of nitrogens with zero attached hydrogens (tertiary/aromatic N) is 4. The fraction of sp³-hybridized carbons (Fsp3) is 0.167. The van der Waals surface area contributed by atoms with Crippen LogP contribution < -0.4 is 5.73 Å². The van der Waals surface area contributed by atoms with Gasteiger partial charge in [-0.3, -0.25) is 4.98 Å². The SMILES string of the molecule is CCc1cccnc1[C@H](O)C#Cc1cccc(-c2ncc3cc(C)nc(N)c3n2)c1. The molecule has 3 heterocycles. The van der Waals surface area contributed by atoms with Gasteiger partial charge in [0.15, 0.2) is 11.9 Å². The molecule has 148 valence electrons. The summed E-state index contributed by atoms with van der Waals surface area (Å²) >= 11 is 0. The molecule has 6 heteroatoms. The first kappa shape index (κ1) is 19.5. The fourth-order valence-electron chi connectivity index (χ4n) is 3.29. The van der Waals surface area contributed by atoms with E-state index in [4.69, 9.17) is 5.73 Å². The number of aryl methyl sites for hydroxylation is 2. The molecule has 0 spiro atoms. The van der Waals surface area contributed by atoms with Gasteiger partial charge in [0.25, 0.3) is 0 Å². The van der Waals surface area contributed by atoms with Crippen LogP contribution in [0.1, 0.15) is 35.5 Å². The first-order chi connectivity index (χ1) is 14.5. The van der Waals surface area contributed by atoms with E-state index in [0.29, 0.717) is 22.9 Å². The molecule has 1 aromatic carbocycles. The minimum absolute atomic E-state index is 0.384. The molecule has 0 aliphatic carbocycles. The van der Waals surface area contributed by atoms with E-state index in [-0.39, 0.29) is 0 Å². The number of anilines is 1. The highest BCUT2D eigenvalue weighted by atomic mass is 16.3. The van der Waals surface area contributed by atoms with Crippen LogP contribution in [0, 0.1) is 18.8 Å². The summed E-state index contributed by atoms with van der Waals surface area (Å²) in [5.74, 6) is 6.84. The zero-order valence-electron chi connectivity index (χ0n) is 16.8. The molecule has 4 rings (SSSR count). The van der Waals surface area contributed by atoms with Crippen molar-refractivity contribution in [3.8, 4) is 23.2 Å². The van der Waals surface area contributed by atoms with Crippen molar-refractivity contribution in [2.75, 3.05) is 5.73 Å². The second-order valence-corrected chi connectivity index (χ2v) is 6.93. The van der Waals surface area contributed by atoms with E-state index < -0.39 is 6.10 Å². The van der Waals surface area contributed by atoms with Crippen LogP contribution in [0.15, 0.2) is 54.9 Å². The molecule has 3 N–H and O–H groups in total. The summed E-state index contributed by atoms with van der Waals surface area (Å²) in [6.45, 7) is 3.91. The van der Waals surface area contributed by atoms with Gasteiger partial charge in [0.2, 0.25) is 0 Å². The maximum Gasteiger partial charge on any atom is 0.159 e. The van der Waals surface area contributed by atoms with Gasteiger partial charge in [0.05, 0.1) is 5.69 Å². The number of nitrogen functional groups attached to an aromatic ring is 1. The molecule has 0 saturated heterocycles. The van der Waals surface area contributed by atoms with Gasteiger partial charge in [-0.2, -0.15) is 0 Å². The van der Waals surface area contributed by atoms with Crippen LogP contribution >= 0.6 is 0 Å². The topological polar surface area (TPSA) is 97.8 Å². The maximum atomic E-state index is 10.5. The second-order valence-electron chi connectivity index (χ2n) is 6.93. The number of rotatable bonds is 3. The third-order valence-electron chi connectivity index (χ3n) is 4.76. The average Bonchev–Trinajstić information content (AvgIpc) is 2.77. The van der Waals surface area contributed by atoms with Crippen LogP contribution in [-0.2, 0) is 6.42 Å². The molecule has 0 radical (unpaired) electrons. The molecule has 6 nitrogen and oxygen atoms in total. The van der Waals surface area contributed by atoms with Gasteiger partial charge in [0, 0.05) is 34.6 Å². The van der Waals surface area contributed by atoms with Gasteiger partial charge >= 0.3 is 0 Å². The predicted molar refractivity (Wildman–Crippen MR) is 117 cm³/mol. The average molecular weight is 395 g/mol. The highest BCUT2D eigenvalue weighted by Crippen LogP contribution is 2.23. The van der Waals surface area contributed by atoms with Crippen molar-refractivity contribution in [1.29, 1.82) is 0 Å². The van der Waals surface area contributed by atoms with Gasteiger partial charge in [0.1, 0.15) is 11.3 Å². The lowest BCUT2D eigenvalue weighted by Crippen LogP contribution is -2.02. The number of fused-ring (bicyclic) bond motifs is 1. The molecule has 0 aliphatic heterocycles. The lowest BCUT2D eigenvalue weighted by molar-refractivity contribution is 0.232. The molecule has 0 unspecified atom stereocenters. The van der Waals surface area contributed by atoms with Crippen molar-refractivity contribution in [1.82, 2.24) is 19.9 Å². The Morgan fingerprint density at radius 1 is 1.10 bits per heavy atom. The molecule has 1 atom stereocenters. The molecule has 0 bridgehead atoms. The van der Waals surface area contributed by atoms with Gasteiger partial charge in [-0.1, -0.05) is 37.0 Å². The Balaban J connectivity index is 1.66. The summed E-state index contributed by atoms with van der Waals surface area (Å²) in [5.41, 5.74) is 10.6. The van der Waals surface area contributed by atoms with Crippen molar-refractivity contribution >= 4 is 16.7 Å². The number of aromatic nitrogens is 4. The number of aliphatic hydroxyl groups is 1. The third-order valence-corrected chi connectivity index (χ3v) is 4.76. The lowest BCUT2D eigenvalue weighted by atomic mass is 10.1. The normalized spacial score (nSPS) is 11.7. The summed E-state index contributed by atoms with van der Waals surface area (Å²) in [6.07, 6.45) is 3.25. The number of aliphatic hydroxyl groups excluding tert-OH is 1. The van der Waals surface area contributed by atoms with Crippen LogP contribution in [0.4, 0.5) is 5.82 Å². The van der Waals surface area contributed by atoms with Gasteiger partial charge in [-0.25, -0.2) is 15.0 Å². The molecule has 4 aromatic rings. The minimum Gasteiger partial charge on any atom is -0.382 e. The van der Waals surface area contributed by atoms with Crippen molar-refractivity contribution in [3.63, 3.8) is 0 Å². The van der Waals surface area contributed by atoms with E-state index >= 15 is 0 Å². The smallest absolute Gasteiger partial charge is 0.159 e. The first-order valence-corrected chi connectivity index (χ1v) is 9.69. The Kier molecular flexibility index (Phi) is 5.38. The first-order valence-electron chi connectivity index (χ1n) is 9.69. The van der Waals surface area contributed by atoms with Crippen LogP contribution in [0.2, 0.25) is 0 Å². The Hall–Kier alpha value is -3.82. The van der Waals surface area contributed by atoms with Gasteiger partial charge < -0.3 is 10.8 Å². The molecule has 0 saturated carbocycles. The summed E-state index contributed by atoms with van der Waals surface area (Å²) in [4.78, 5) is 17.6. The summed E-state index contributed by atoms with van der Waals surface area (Å²) < 4.78 is 0. The molecule has 30 heavy (non-hydrogen) atoms. The Bertz CT molecular complexity index is 1290. The highest BCUT2D eigenvalue weighted by molar-refractivity contribution is 5.88. The highest BCUT2D eigenvalue weighted by Gasteiger charge is 2.10. The molecular formula is C24H21N5O. The number of hydrogen-bond acceptors (Lipinski definition) is 6. The van der Waals surface area contributed by atoms with Gasteiger partial charge in [-0.15, -0.1) is 0 Å². The third kappa shape index (κ3) is 3.97. The van der Waals surface area contributed by atoms with Crippen molar-refractivity contribution < 1.29 is 5.11 Å². The maximum absolute atomic E-state index is 10.5. The Morgan fingerprint density at radius 3 is 2.80 bits per heavy atom.